The van der Waals surface area contributed by atoms with Crippen molar-refractivity contribution in [1.29, 1.82) is 0 Å². The molecule has 60 valence electrons. The van der Waals surface area contributed by atoms with Gasteiger partial charge in [0.2, 0.25) is 0 Å². The van der Waals surface area contributed by atoms with E-state index < -0.39 is 0 Å². The fourth-order valence-electron chi connectivity index (χ4n) is 0.621. The number of carbonyl (C=O) groups is 1. The fourth-order valence-corrected chi connectivity index (χ4v) is 0.621. The van der Waals surface area contributed by atoms with Gasteiger partial charge >= 0.3 is 5.97 Å². The Morgan fingerprint density at radius 2 is 2.30 bits per heavy atom. The standard InChI is InChI=1S/C7H15NO2/c1-4-5-8-6(2)7(9)10-3/h6,8H,4-5H2,1-3H3/t6-/m1/s1. The lowest BCUT2D eigenvalue weighted by molar-refractivity contribution is -0.142. The Kier molecular flexibility index (Phi) is 4.94. The molecular formula is C7H15NO2. The smallest absolute Gasteiger partial charge is 0.322 e. The second kappa shape index (κ2) is 5.23. The molecule has 0 rings (SSSR count). The molecule has 3 nitrogen and oxygen atoms in total. The number of carbonyl (C=O) groups excluding carboxylic acids is 1. The van der Waals surface area contributed by atoms with Crippen molar-refractivity contribution in [3.8, 4) is 0 Å². The molecule has 0 saturated carbocycles. The van der Waals surface area contributed by atoms with Gasteiger partial charge in [0.05, 0.1) is 7.11 Å². The second-order valence-electron chi connectivity index (χ2n) is 2.20. The Balaban J connectivity index is 3.41. The summed E-state index contributed by atoms with van der Waals surface area (Å²) in [6.07, 6.45) is 1.03. The van der Waals surface area contributed by atoms with Crippen molar-refractivity contribution in [3.05, 3.63) is 0 Å². The van der Waals surface area contributed by atoms with Gasteiger partial charge in [-0.3, -0.25) is 4.79 Å². The zero-order valence-corrected chi connectivity index (χ0v) is 6.81. The summed E-state index contributed by atoms with van der Waals surface area (Å²) in [5.74, 6) is -0.201. The van der Waals surface area contributed by atoms with Crippen LogP contribution in [0.15, 0.2) is 0 Å². The van der Waals surface area contributed by atoms with E-state index in [1.165, 1.54) is 7.11 Å². The van der Waals surface area contributed by atoms with Gasteiger partial charge in [0.25, 0.3) is 0 Å². The lowest BCUT2D eigenvalue weighted by Gasteiger charge is -2.09. The lowest BCUT2D eigenvalue weighted by atomic mass is 10.3. The van der Waals surface area contributed by atoms with E-state index in [2.05, 4.69) is 17.0 Å². The van der Waals surface area contributed by atoms with Crippen molar-refractivity contribution in [2.45, 2.75) is 26.3 Å². The summed E-state index contributed by atoms with van der Waals surface area (Å²) in [4.78, 5) is 10.7. The third kappa shape index (κ3) is 3.45. The van der Waals surface area contributed by atoms with Crippen LogP contribution < -0.4 is 5.32 Å². The normalized spacial score (nSPS) is 12.7. The first-order valence-electron chi connectivity index (χ1n) is 3.53. The van der Waals surface area contributed by atoms with Crippen molar-refractivity contribution in [3.63, 3.8) is 0 Å². The van der Waals surface area contributed by atoms with E-state index in [4.69, 9.17) is 0 Å². The van der Waals surface area contributed by atoms with Gasteiger partial charge in [0, 0.05) is 0 Å². The van der Waals surface area contributed by atoms with E-state index in [9.17, 15) is 4.79 Å². The fraction of sp³-hybridized carbons (Fsp3) is 0.857. The summed E-state index contributed by atoms with van der Waals surface area (Å²) < 4.78 is 4.51. The van der Waals surface area contributed by atoms with Gasteiger partial charge in [-0.2, -0.15) is 0 Å². The minimum atomic E-state index is -0.201. The number of methoxy groups -OCH3 is 1. The van der Waals surface area contributed by atoms with Crippen molar-refractivity contribution < 1.29 is 9.53 Å². The SMILES string of the molecule is CCCN[C@H](C)C(=O)OC. The summed E-state index contributed by atoms with van der Waals surface area (Å²) in [6, 6.07) is -0.176. The topological polar surface area (TPSA) is 38.3 Å². The molecule has 0 aromatic heterocycles. The van der Waals surface area contributed by atoms with Crippen LogP contribution in [0.5, 0.6) is 0 Å². The predicted molar refractivity (Wildman–Crippen MR) is 39.8 cm³/mol. The molecule has 0 aliphatic carbocycles. The average Bonchev–Trinajstić information content (AvgIpc) is 1.98. The van der Waals surface area contributed by atoms with Crippen molar-refractivity contribution in [2.24, 2.45) is 0 Å². The van der Waals surface area contributed by atoms with Crippen LogP contribution in [0.25, 0.3) is 0 Å². The zero-order valence-electron chi connectivity index (χ0n) is 6.81. The molecule has 0 bridgehead atoms. The van der Waals surface area contributed by atoms with E-state index in [0.29, 0.717) is 0 Å². The maximum absolute atomic E-state index is 10.7. The summed E-state index contributed by atoms with van der Waals surface area (Å²) in [7, 11) is 1.40. The van der Waals surface area contributed by atoms with Crippen molar-refractivity contribution >= 4 is 5.97 Å². The molecular weight excluding hydrogens is 130 g/mol. The number of esters is 1. The van der Waals surface area contributed by atoms with Crippen LogP contribution in [0.4, 0.5) is 0 Å². The van der Waals surface area contributed by atoms with Crippen LogP contribution in [0, 0.1) is 0 Å². The molecule has 1 N–H and O–H groups in total. The molecule has 0 aromatic carbocycles. The monoisotopic (exact) mass is 145 g/mol. The Hall–Kier alpha value is -0.570. The van der Waals surface area contributed by atoms with Gasteiger partial charge in [-0.25, -0.2) is 0 Å². The Bertz CT molecular complexity index is 104. The van der Waals surface area contributed by atoms with Crippen LogP contribution in [0.3, 0.4) is 0 Å². The van der Waals surface area contributed by atoms with Crippen LogP contribution >= 0.6 is 0 Å². The maximum Gasteiger partial charge on any atom is 0.322 e. The molecule has 0 spiro atoms. The molecule has 10 heavy (non-hydrogen) atoms. The number of nitrogens with one attached hydrogen (secondary N) is 1. The number of hydrogen-bond acceptors (Lipinski definition) is 3. The second-order valence-corrected chi connectivity index (χ2v) is 2.20. The third-order valence-corrected chi connectivity index (χ3v) is 1.26. The van der Waals surface area contributed by atoms with E-state index in [0.717, 1.165) is 13.0 Å². The molecule has 0 amide bonds. The first-order valence-corrected chi connectivity index (χ1v) is 3.53. The largest absolute Gasteiger partial charge is 0.468 e. The van der Waals surface area contributed by atoms with E-state index in [1.807, 2.05) is 0 Å². The van der Waals surface area contributed by atoms with Gasteiger partial charge in [0.1, 0.15) is 6.04 Å². The van der Waals surface area contributed by atoms with Crippen LogP contribution in [0.1, 0.15) is 20.3 Å². The number of ether oxygens (including phenoxy) is 1. The Labute approximate surface area is 61.8 Å². The lowest BCUT2D eigenvalue weighted by Crippen LogP contribution is -2.35. The number of hydrogen-bond donors (Lipinski definition) is 1. The first-order chi connectivity index (χ1) is 4.72. The molecule has 3 heteroatoms. The third-order valence-electron chi connectivity index (χ3n) is 1.26. The highest BCUT2D eigenvalue weighted by atomic mass is 16.5. The maximum atomic E-state index is 10.7. The van der Waals surface area contributed by atoms with E-state index in [-0.39, 0.29) is 12.0 Å². The zero-order chi connectivity index (χ0) is 7.98. The Morgan fingerprint density at radius 3 is 2.70 bits per heavy atom. The summed E-state index contributed by atoms with van der Waals surface area (Å²) in [5.41, 5.74) is 0. The highest BCUT2D eigenvalue weighted by molar-refractivity contribution is 5.74. The number of rotatable bonds is 4. The van der Waals surface area contributed by atoms with Crippen molar-refractivity contribution in [1.82, 2.24) is 5.32 Å². The van der Waals surface area contributed by atoms with Crippen LogP contribution in [0.2, 0.25) is 0 Å². The molecule has 0 saturated heterocycles. The molecule has 0 aliphatic rings. The molecule has 1 atom stereocenters. The summed E-state index contributed by atoms with van der Waals surface area (Å²) in [6.45, 7) is 4.70. The highest BCUT2D eigenvalue weighted by Gasteiger charge is 2.09. The minimum absolute atomic E-state index is 0.176. The summed E-state index contributed by atoms with van der Waals surface area (Å²) >= 11 is 0. The summed E-state index contributed by atoms with van der Waals surface area (Å²) in [5, 5.41) is 3.01. The van der Waals surface area contributed by atoms with Gasteiger partial charge < -0.3 is 10.1 Å². The predicted octanol–water partition coefficient (Wildman–Crippen LogP) is 0.547. The molecule has 0 unspecified atom stereocenters. The van der Waals surface area contributed by atoms with Gasteiger partial charge in [-0.1, -0.05) is 6.92 Å². The molecule has 0 radical (unpaired) electrons. The van der Waals surface area contributed by atoms with Gasteiger partial charge in [0.15, 0.2) is 0 Å². The highest BCUT2D eigenvalue weighted by Crippen LogP contribution is 1.85. The molecule has 0 fully saturated rings. The van der Waals surface area contributed by atoms with E-state index >= 15 is 0 Å². The first kappa shape index (κ1) is 9.43. The molecule has 0 heterocycles. The van der Waals surface area contributed by atoms with Gasteiger partial charge in [-0.15, -0.1) is 0 Å². The van der Waals surface area contributed by atoms with E-state index in [1.54, 1.807) is 6.92 Å². The quantitative estimate of drug-likeness (QED) is 0.587. The molecule has 0 aromatic rings. The van der Waals surface area contributed by atoms with Gasteiger partial charge in [-0.05, 0) is 19.9 Å². The van der Waals surface area contributed by atoms with Crippen molar-refractivity contribution in [2.75, 3.05) is 13.7 Å². The van der Waals surface area contributed by atoms with Crippen LogP contribution in [-0.2, 0) is 9.53 Å². The van der Waals surface area contributed by atoms with Crippen LogP contribution in [-0.4, -0.2) is 25.7 Å². The molecule has 0 aliphatic heterocycles. The average molecular weight is 145 g/mol. The minimum Gasteiger partial charge on any atom is -0.468 e. The Morgan fingerprint density at radius 1 is 1.70 bits per heavy atom.